The Morgan fingerprint density at radius 1 is 1.24 bits per heavy atom. The van der Waals surface area contributed by atoms with Crippen LogP contribution in [0.2, 0.25) is 0 Å². The quantitative estimate of drug-likeness (QED) is 0.796. The van der Waals surface area contributed by atoms with Crippen molar-refractivity contribution in [1.29, 1.82) is 0 Å². The van der Waals surface area contributed by atoms with Crippen molar-refractivity contribution in [2.24, 2.45) is 5.73 Å². The second-order valence-electron chi connectivity index (χ2n) is 4.19. The van der Waals surface area contributed by atoms with Crippen LogP contribution in [0, 0.1) is 0 Å². The summed E-state index contributed by atoms with van der Waals surface area (Å²) < 4.78 is 11.0. The lowest BCUT2D eigenvalue weighted by Gasteiger charge is -2.11. The van der Waals surface area contributed by atoms with Crippen molar-refractivity contribution in [3.05, 3.63) is 39.8 Å². The van der Waals surface area contributed by atoms with Crippen LogP contribution in [0.3, 0.4) is 0 Å². The molecule has 0 aliphatic carbocycles. The second-order valence-corrected chi connectivity index (χ2v) is 5.13. The molecule has 2 aromatic rings. The molecule has 0 fully saturated rings. The van der Waals surface area contributed by atoms with Crippen molar-refractivity contribution in [3.8, 4) is 11.5 Å². The summed E-state index contributed by atoms with van der Waals surface area (Å²) in [6.07, 6.45) is 0. The Morgan fingerprint density at radius 2 is 1.95 bits per heavy atom. The third-order valence-electron chi connectivity index (χ3n) is 2.76. The predicted molar refractivity (Wildman–Crippen MR) is 82.2 cm³/mol. The summed E-state index contributed by atoms with van der Waals surface area (Å²) in [6, 6.07) is 5.16. The molecule has 0 saturated carbocycles. The minimum absolute atomic E-state index is 0.144. The SMILES string of the molecule is CCOc1ccc(C(=O)c2csc(CN)n2)cc1OCC. The van der Waals surface area contributed by atoms with Crippen LogP contribution in [0.5, 0.6) is 11.5 Å². The summed E-state index contributed by atoms with van der Waals surface area (Å²) in [4.78, 5) is 16.6. The highest BCUT2D eigenvalue weighted by Gasteiger charge is 2.16. The Kier molecular flexibility index (Phi) is 5.30. The van der Waals surface area contributed by atoms with Gasteiger partial charge in [0.2, 0.25) is 5.78 Å². The molecule has 5 nitrogen and oxygen atoms in total. The number of carbonyl (C=O) groups excluding carboxylic acids is 1. The van der Waals surface area contributed by atoms with Crippen molar-refractivity contribution < 1.29 is 14.3 Å². The Bertz CT molecular complexity index is 625. The lowest BCUT2D eigenvalue weighted by molar-refractivity contribution is 0.103. The van der Waals surface area contributed by atoms with Crippen LogP contribution in [0.15, 0.2) is 23.6 Å². The van der Waals surface area contributed by atoms with Gasteiger partial charge in [-0.2, -0.15) is 0 Å². The average Bonchev–Trinajstić information content (AvgIpc) is 2.98. The number of rotatable bonds is 7. The number of benzene rings is 1. The Hall–Kier alpha value is -1.92. The highest BCUT2D eigenvalue weighted by molar-refractivity contribution is 7.09. The zero-order chi connectivity index (χ0) is 15.2. The van der Waals surface area contributed by atoms with Gasteiger partial charge in [-0.15, -0.1) is 11.3 Å². The minimum atomic E-state index is -0.144. The van der Waals surface area contributed by atoms with E-state index in [4.69, 9.17) is 15.2 Å². The Morgan fingerprint density at radius 3 is 2.57 bits per heavy atom. The van der Waals surface area contributed by atoms with E-state index in [0.29, 0.717) is 42.5 Å². The first-order valence-corrected chi connectivity index (χ1v) is 7.66. The van der Waals surface area contributed by atoms with Crippen LogP contribution in [0.25, 0.3) is 0 Å². The van der Waals surface area contributed by atoms with Crippen LogP contribution in [-0.2, 0) is 6.54 Å². The van der Waals surface area contributed by atoms with Crippen molar-refractivity contribution in [2.75, 3.05) is 13.2 Å². The van der Waals surface area contributed by atoms with Gasteiger partial charge in [-0.25, -0.2) is 4.98 Å². The lowest BCUT2D eigenvalue weighted by atomic mass is 10.1. The normalized spacial score (nSPS) is 10.4. The number of thiazole rings is 1. The molecule has 0 bridgehead atoms. The van der Waals surface area contributed by atoms with Crippen LogP contribution in [0.1, 0.15) is 34.9 Å². The molecule has 0 unspecified atom stereocenters. The first kappa shape index (κ1) is 15.5. The van der Waals surface area contributed by atoms with E-state index in [1.54, 1.807) is 23.6 Å². The monoisotopic (exact) mass is 306 g/mol. The van der Waals surface area contributed by atoms with E-state index < -0.39 is 0 Å². The maximum absolute atomic E-state index is 12.4. The fourth-order valence-electron chi connectivity index (χ4n) is 1.85. The predicted octanol–water partition coefficient (Wildman–Crippen LogP) is 2.63. The molecular weight excluding hydrogens is 288 g/mol. The van der Waals surface area contributed by atoms with Gasteiger partial charge in [0.15, 0.2) is 11.5 Å². The van der Waals surface area contributed by atoms with E-state index in [9.17, 15) is 4.79 Å². The topological polar surface area (TPSA) is 74.4 Å². The number of hydrogen-bond acceptors (Lipinski definition) is 6. The summed E-state index contributed by atoms with van der Waals surface area (Å²) in [6.45, 7) is 5.17. The molecule has 2 rings (SSSR count). The molecule has 0 spiro atoms. The summed E-state index contributed by atoms with van der Waals surface area (Å²) >= 11 is 1.39. The van der Waals surface area contributed by atoms with E-state index in [1.807, 2.05) is 13.8 Å². The van der Waals surface area contributed by atoms with E-state index in [0.717, 1.165) is 5.01 Å². The fourth-order valence-corrected chi connectivity index (χ4v) is 2.50. The smallest absolute Gasteiger partial charge is 0.212 e. The summed E-state index contributed by atoms with van der Waals surface area (Å²) in [5, 5.41) is 2.47. The lowest BCUT2D eigenvalue weighted by Crippen LogP contribution is -2.05. The highest BCUT2D eigenvalue weighted by atomic mass is 32.1. The molecule has 1 aromatic carbocycles. The number of nitrogens with two attached hydrogens (primary N) is 1. The number of ether oxygens (including phenoxy) is 2. The molecule has 0 amide bonds. The highest BCUT2D eigenvalue weighted by Crippen LogP contribution is 2.29. The first-order chi connectivity index (χ1) is 10.2. The van der Waals surface area contributed by atoms with Gasteiger partial charge in [-0.05, 0) is 32.0 Å². The fraction of sp³-hybridized carbons (Fsp3) is 0.333. The third-order valence-corrected chi connectivity index (χ3v) is 3.64. The molecule has 0 radical (unpaired) electrons. The summed E-state index contributed by atoms with van der Waals surface area (Å²) in [5.41, 5.74) is 6.45. The molecule has 0 aliphatic rings. The molecule has 21 heavy (non-hydrogen) atoms. The molecular formula is C15H18N2O3S. The van der Waals surface area contributed by atoms with Gasteiger partial charge in [0, 0.05) is 17.5 Å². The van der Waals surface area contributed by atoms with Gasteiger partial charge >= 0.3 is 0 Å². The van der Waals surface area contributed by atoms with Gasteiger partial charge in [0.1, 0.15) is 10.7 Å². The number of hydrogen-bond donors (Lipinski definition) is 1. The number of ketones is 1. The molecule has 6 heteroatoms. The number of nitrogens with zero attached hydrogens (tertiary/aromatic N) is 1. The van der Waals surface area contributed by atoms with Crippen LogP contribution >= 0.6 is 11.3 Å². The van der Waals surface area contributed by atoms with Crippen molar-refractivity contribution in [2.45, 2.75) is 20.4 Å². The second kappa shape index (κ2) is 7.19. The first-order valence-electron chi connectivity index (χ1n) is 6.78. The minimum Gasteiger partial charge on any atom is -0.490 e. The maximum Gasteiger partial charge on any atom is 0.212 e. The van der Waals surface area contributed by atoms with Gasteiger partial charge < -0.3 is 15.2 Å². The van der Waals surface area contributed by atoms with E-state index in [1.165, 1.54) is 11.3 Å². The summed E-state index contributed by atoms with van der Waals surface area (Å²) in [5.74, 6) is 1.06. The number of aromatic nitrogens is 1. The molecule has 2 N–H and O–H groups in total. The van der Waals surface area contributed by atoms with Crippen LogP contribution in [-0.4, -0.2) is 24.0 Å². The zero-order valence-electron chi connectivity index (χ0n) is 12.1. The van der Waals surface area contributed by atoms with Crippen LogP contribution in [0.4, 0.5) is 0 Å². The van der Waals surface area contributed by atoms with Gasteiger partial charge in [0.25, 0.3) is 0 Å². The number of carbonyl (C=O) groups is 1. The molecule has 0 aliphatic heterocycles. The molecule has 1 heterocycles. The van der Waals surface area contributed by atoms with E-state index in [-0.39, 0.29) is 5.78 Å². The molecule has 0 saturated heterocycles. The van der Waals surface area contributed by atoms with E-state index >= 15 is 0 Å². The van der Waals surface area contributed by atoms with Crippen molar-refractivity contribution in [3.63, 3.8) is 0 Å². The standard InChI is InChI=1S/C15H18N2O3S/c1-3-19-12-6-5-10(7-13(12)20-4-2)15(18)11-9-21-14(8-16)17-11/h5-7,9H,3-4,8,16H2,1-2H3. The average molecular weight is 306 g/mol. The zero-order valence-corrected chi connectivity index (χ0v) is 12.9. The molecule has 112 valence electrons. The molecule has 0 atom stereocenters. The van der Waals surface area contributed by atoms with Gasteiger partial charge in [-0.1, -0.05) is 0 Å². The Balaban J connectivity index is 2.30. The Labute approximate surface area is 127 Å². The van der Waals surface area contributed by atoms with Crippen LogP contribution < -0.4 is 15.2 Å². The van der Waals surface area contributed by atoms with Crippen molar-refractivity contribution in [1.82, 2.24) is 4.98 Å². The van der Waals surface area contributed by atoms with E-state index in [2.05, 4.69) is 4.98 Å². The van der Waals surface area contributed by atoms with Crippen molar-refractivity contribution >= 4 is 17.1 Å². The molecule has 1 aromatic heterocycles. The largest absolute Gasteiger partial charge is 0.490 e. The third kappa shape index (κ3) is 3.59. The van der Waals surface area contributed by atoms with Gasteiger partial charge in [0.05, 0.1) is 13.2 Å². The maximum atomic E-state index is 12.4. The summed E-state index contributed by atoms with van der Waals surface area (Å²) in [7, 11) is 0. The van der Waals surface area contributed by atoms with Gasteiger partial charge in [-0.3, -0.25) is 4.79 Å².